The lowest BCUT2D eigenvalue weighted by molar-refractivity contribution is 0.556. The smallest absolute Gasteiger partial charge is 0.126 e. The number of benzene rings is 2. The highest BCUT2D eigenvalue weighted by Crippen LogP contribution is 2.22. The molecule has 0 saturated heterocycles. The summed E-state index contributed by atoms with van der Waals surface area (Å²) in [6.07, 6.45) is 0.850. The van der Waals surface area contributed by atoms with Gasteiger partial charge in [0.1, 0.15) is 5.82 Å². The van der Waals surface area contributed by atoms with Crippen molar-refractivity contribution in [2.24, 2.45) is 0 Å². The molecule has 94 valence electrons. The Morgan fingerprint density at radius 1 is 1.00 bits per heavy atom. The van der Waals surface area contributed by atoms with Crippen LogP contribution in [-0.2, 0) is 6.42 Å². The van der Waals surface area contributed by atoms with Crippen LogP contribution in [0.15, 0.2) is 54.6 Å². The summed E-state index contributed by atoms with van der Waals surface area (Å²) in [4.78, 5) is 0. The van der Waals surface area contributed by atoms with Crippen LogP contribution in [0.25, 0.3) is 0 Å². The molecule has 2 heteroatoms. The predicted octanol–water partition coefficient (Wildman–Crippen LogP) is 3.37. The van der Waals surface area contributed by atoms with E-state index in [-0.39, 0.29) is 11.7 Å². The van der Waals surface area contributed by atoms with Crippen molar-refractivity contribution >= 4 is 0 Å². The molecule has 2 aromatic rings. The van der Waals surface area contributed by atoms with E-state index in [0.717, 1.165) is 18.5 Å². The zero-order chi connectivity index (χ0) is 12.8. The van der Waals surface area contributed by atoms with Crippen LogP contribution >= 0.6 is 0 Å². The van der Waals surface area contributed by atoms with E-state index in [1.165, 1.54) is 11.6 Å². The van der Waals surface area contributed by atoms with E-state index in [0.29, 0.717) is 0 Å². The van der Waals surface area contributed by atoms with Crippen LogP contribution in [-0.4, -0.2) is 13.6 Å². The molecular formula is C16H18FN. The van der Waals surface area contributed by atoms with Crippen molar-refractivity contribution in [3.05, 3.63) is 71.5 Å². The average Bonchev–Trinajstić information content (AvgIpc) is 2.40. The van der Waals surface area contributed by atoms with Crippen LogP contribution in [0.5, 0.6) is 0 Å². The van der Waals surface area contributed by atoms with Crippen LogP contribution in [0.1, 0.15) is 17.0 Å². The van der Waals surface area contributed by atoms with Crippen molar-refractivity contribution < 1.29 is 4.39 Å². The summed E-state index contributed by atoms with van der Waals surface area (Å²) < 4.78 is 13.8. The third-order valence-electron chi connectivity index (χ3n) is 3.12. The average molecular weight is 243 g/mol. The molecule has 0 bridgehead atoms. The molecule has 0 spiro atoms. The van der Waals surface area contributed by atoms with Crippen LogP contribution in [0.4, 0.5) is 4.39 Å². The fraction of sp³-hybridized carbons (Fsp3) is 0.250. The third-order valence-corrected chi connectivity index (χ3v) is 3.12. The maximum atomic E-state index is 13.8. The topological polar surface area (TPSA) is 12.0 Å². The van der Waals surface area contributed by atoms with E-state index in [2.05, 4.69) is 17.4 Å². The highest BCUT2D eigenvalue weighted by Gasteiger charge is 2.15. The molecule has 0 heterocycles. The maximum absolute atomic E-state index is 13.8. The van der Waals surface area contributed by atoms with E-state index < -0.39 is 0 Å². The van der Waals surface area contributed by atoms with Gasteiger partial charge in [0.25, 0.3) is 0 Å². The summed E-state index contributed by atoms with van der Waals surface area (Å²) >= 11 is 0. The van der Waals surface area contributed by atoms with Gasteiger partial charge in [-0.05, 0) is 30.7 Å². The Balaban J connectivity index is 2.21. The van der Waals surface area contributed by atoms with Crippen LogP contribution < -0.4 is 5.32 Å². The van der Waals surface area contributed by atoms with Crippen molar-refractivity contribution in [2.45, 2.75) is 12.3 Å². The quantitative estimate of drug-likeness (QED) is 0.849. The molecule has 0 aliphatic heterocycles. The van der Waals surface area contributed by atoms with Crippen LogP contribution in [0.2, 0.25) is 0 Å². The van der Waals surface area contributed by atoms with Gasteiger partial charge in [-0.2, -0.15) is 0 Å². The predicted molar refractivity (Wildman–Crippen MR) is 73.2 cm³/mol. The van der Waals surface area contributed by atoms with Crippen molar-refractivity contribution in [3.8, 4) is 0 Å². The fourth-order valence-corrected chi connectivity index (χ4v) is 2.24. The molecule has 2 aromatic carbocycles. The molecule has 0 aliphatic rings. The van der Waals surface area contributed by atoms with E-state index in [1.54, 1.807) is 6.07 Å². The van der Waals surface area contributed by atoms with Crippen LogP contribution in [0, 0.1) is 5.82 Å². The Bertz CT molecular complexity index is 481. The molecule has 0 aromatic heterocycles. The SMILES string of the molecule is CNCC(Cc1ccccc1)c1ccccc1F. The number of hydrogen-bond donors (Lipinski definition) is 1. The summed E-state index contributed by atoms with van der Waals surface area (Å²) in [5.74, 6) is 0.0484. The van der Waals surface area contributed by atoms with Crippen LogP contribution in [0.3, 0.4) is 0 Å². The molecule has 0 saturated carbocycles. The lowest BCUT2D eigenvalue weighted by Crippen LogP contribution is -2.20. The van der Waals surface area contributed by atoms with E-state index >= 15 is 0 Å². The number of rotatable bonds is 5. The largest absolute Gasteiger partial charge is 0.319 e. The molecule has 0 aliphatic carbocycles. The van der Waals surface area contributed by atoms with Gasteiger partial charge in [0.15, 0.2) is 0 Å². The Morgan fingerprint density at radius 3 is 2.33 bits per heavy atom. The van der Waals surface area contributed by atoms with Crippen molar-refractivity contribution in [1.82, 2.24) is 5.32 Å². The first-order valence-electron chi connectivity index (χ1n) is 6.24. The summed E-state index contributed by atoms with van der Waals surface area (Å²) in [5.41, 5.74) is 2.02. The fourth-order valence-electron chi connectivity index (χ4n) is 2.24. The Hall–Kier alpha value is -1.67. The van der Waals surface area contributed by atoms with Gasteiger partial charge < -0.3 is 5.32 Å². The molecule has 1 N–H and O–H groups in total. The van der Waals surface area contributed by atoms with Crippen molar-refractivity contribution in [3.63, 3.8) is 0 Å². The highest BCUT2D eigenvalue weighted by atomic mass is 19.1. The number of nitrogens with one attached hydrogen (secondary N) is 1. The zero-order valence-electron chi connectivity index (χ0n) is 10.6. The van der Waals surface area contributed by atoms with Gasteiger partial charge in [-0.3, -0.25) is 0 Å². The molecule has 1 nitrogen and oxygen atoms in total. The first-order chi connectivity index (χ1) is 8.81. The molecule has 0 fully saturated rings. The first kappa shape index (κ1) is 12.8. The summed E-state index contributed by atoms with van der Waals surface area (Å²) in [7, 11) is 1.90. The molecule has 2 rings (SSSR count). The lowest BCUT2D eigenvalue weighted by atomic mass is 9.91. The van der Waals surface area contributed by atoms with E-state index in [4.69, 9.17) is 0 Å². The van der Waals surface area contributed by atoms with Crippen molar-refractivity contribution in [2.75, 3.05) is 13.6 Å². The monoisotopic (exact) mass is 243 g/mol. The minimum absolute atomic E-state index is 0.117. The second kappa shape index (κ2) is 6.31. The third kappa shape index (κ3) is 3.17. The Labute approximate surface area is 108 Å². The molecule has 1 unspecified atom stereocenters. The summed E-state index contributed by atoms with van der Waals surface area (Å²) in [6, 6.07) is 17.3. The molecule has 1 atom stereocenters. The number of hydrogen-bond acceptors (Lipinski definition) is 1. The van der Waals surface area contributed by atoms with Gasteiger partial charge in [-0.25, -0.2) is 4.39 Å². The minimum atomic E-state index is -0.117. The second-order valence-electron chi connectivity index (χ2n) is 4.47. The van der Waals surface area contributed by atoms with Gasteiger partial charge in [-0.1, -0.05) is 48.5 Å². The number of halogens is 1. The normalized spacial score (nSPS) is 12.3. The lowest BCUT2D eigenvalue weighted by Gasteiger charge is -2.17. The zero-order valence-corrected chi connectivity index (χ0v) is 10.6. The number of likely N-dealkylation sites (N-methyl/N-ethyl adjacent to an activating group) is 1. The standard InChI is InChI=1S/C16H18FN/c1-18-12-14(11-13-7-3-2-4-8-13)15-9-5-6-10-16(15)17/h2-10,14,18H,11-12H2,1H3. The minimum Gasteiger partial charge on any atom is -0.319 e. The highest BCUT2D eigenvalue weighted by molar-refractivity contribution is 5.26. The summed E-state index contributed by atoms with van der Waals surface area (Å²) in [5, 5.41) is 3.15. The maximum Gasteiger partial charge on any atom is 0.126 e. The second-order valence-corrected chi connectivity index (χ2v) is 4.47. The molecule has 18 heavy (non-hydrogen) atoms. The van der Waals surface area contributed by atoms with Gasteiger partial charge in [0.2, 0.25) is 0 Å². The van der Waals surface area contributed by atoms with Crippen molar-refractivity contribution in [1.29, 1.82) is 0 Å². The molecule has 0 radical (unpaired) electrons. The Kier molecular flexibility index (Phi) is 4.48. The molecule has 0 amide bonds. The van der Waals surface area contributed by atoms with E-state index in [1.807, 2.05) is 37.4 Å². The Morgan fingerprint density at radius 2 is 1.67 bits per heavy atom. The molecular weight excluding hydrogens is 225 g/mol. The first-order valence-corrected chi connectivity index (χ1v) is 6.24. The van der Waals surface area contributed by atoms with Gasteiger partial charge in [0.05, 0.1) is 0 Å². The van der Waals surface area contributed by atoms with Gasteiger partial charge in [-0.15, -0.1) is 0 Å². The van der Waals surface area contributed by atoms with E-state index in [9.17, 15) is 4.39 Å². The summed E-state index contributed by atoms with van der Waals surface area (Å²) in [6.45, 7) is 0.774. The van der Waals surface area contributed by atoms with Gasteiger partial charge in [0, 0.05) is 12.5 Å². The van der Waals surface area contributed by atoms with Gasteiger partial charge >= 0.3 is 0 Å².